The number of hydrogen-bond acceptors (Lipinski definition) is 4. The van der Waals surface area contributed by atoms with Crippen molar-refractivity contribution in [3.05, 3.63) is 108 Å². The van der Waals surface area contributed by atoms with Crippen molar-refractivity contribution >= 4 is 32.3 Å². The van der Waals surface area contributed by atoms with Crippen molar-refractivity contribution in [3.63, 3.8) is 0 Å². The van der Waals surface area contributed by atoms with Crippen LogP contribution in [0.4, 0.5) is 10.5 Å². The van der Waals surface area contributed by atoms with Crippen LogP contribution in [0, 0.1) is 6.92 Å². The zero-order chi connectivity index (χ0) is 24.7. The van der Waals surface area contributed by atoms with Crippen LogP contribution in [0.2, 0.25) is 0 Å². The number of carbonyl (C=O) groups excluding carboxylic acids is 1. The summed E-state index contributed by atoms with van der Waals surface area (Å²) in [6.07, 6.45) is 0. The molecule has 1 unspecified atom stereocenters. The smallest absolute Gasteiger partial charge is 0.319 e. The molecule has 0 aliphatic heterocycles. The Bertz CT molecular complexity index is 1400. The SMILES string of the molecule is Cc1cccc(OCC(CS(=O)(=O)Cc2ccccc2)NC(=O)Nc2cccc3ccccc23)c1. The summed E-state index contributed by atoms with van der Waals surface area (Å²) < 4.78 is 31.8. The van der Waals surface area contributed by atoms with Crippen LogP contribution in [0.15, 0.2) is 97.1 Å². The highest BCUT2D eigenvalue weighted by Crippen LogP contribution is 2.23. The Hall–Kier alpha value is -3.84. The van der Waals surface area contributed by atoms with Gasteiger partial charge in [0.25, 0.3) is 0 Å². The highest BCUT2D eigenvalue weighted by Gasteiger charge is 2.23. The Labute approximate surface area is 205 Å². The van der Waals surface area contributed by atoms with Crippen LogP contribution >= 0.6 is 0 Å². The minimum atomic E-state index is -3.52. The standard InChI is InChI=1S/C28H28N2O4S/c1-21-9-7-14-25(17-21)34-18-24(20-35(32,33)19-22-10-3-2-4-11-22)29-28(31)30-27-16-8-13-23-12-5-6-15-26(23)27/h2-17,24H,18-20H2,1H3,(H2,29,30,31). The largest absolute Gasteiger partial charge is 0.491 e. The number of rotatable bonds is 9. The number of sulfone groups is 1. The Balaban J connectivity index is 1.49. The summed E-state index contributed by atoms with van der Waals surface area (Å²) in [4.78, 5) is 12.9. The molecule has 0 bridgehead atoms. The summed E-state index contributed by atoms with van der Waals surface area (Å²) in [5.41, 5.74) is 2.37. The van der Waals surface area contributed by atoms with Gasteiger partial charge in [0, 0.05) is 5.39 Å². The van der Waals surface area contributed by atoms with E-state index in [-0.39, 0.29) is 18.1 Å². The van der Waals surface area contributed by atoms with Crippen LogP contribution in [-0.2, 0) is 15.6 Å². The fraction of sp³-hybridized carbons (Fsp3) is 0.179. The van der Waals surface area contributed by atoms with Crippen molar-refractivity contribution in [1.82, 2.24) is 5.32 Å². The zero-order valence-corrected chi connectivity index (χ0v) is 20.3. The molecular formula is C28H28N2O4S. The first-order chi connectivity index (χ1) is 16.9. The summed E-state index contributed by atoms with van der Waals surface area (Å²) in [6, 6.07) is 28.6. The van der Waals surface area contributed by atoms with Crippen LogP contribution in [0.1, 0.15) is 11.1 Å². The highest BCUT2D eigenvalue weighted by atomic mass is 32.2. The number of hydrogen-bond donors (Lipinski definition) is 2. The van der Waals surface area contributed by atoms with Gasteiger partial charge < -0.3 is 15.4 Å². The molecule has 7 heteroatoms. The maximum absolute atomic E-state index is 13.0. The van der Waals surface area contributed by atoms with Crippen LogP contribution in [0.3, 0.4) is 0 Å². The maximum atomic E-state index is 13.0. The minimum Gasteiger partial charge on any atom is -0.491 e. The molecule has 6 nitrogen and oxygen atoms in total. The van der Waals surface area contributed by atoms with E-state index in [9.17, 15) is 13.2 Å². The number of fused-ring (bicyclic) bond motifs is 1. The maximum Gasteiger partial charge on any atom is 0.319 e. The van der Waals surface area contributed by atoms with Crippen molar-refractivity contribution in [2.45, 2.75) is 18.7 Å². The quantitative estimate of drug-likeness (QED) is 0.333. The van der Waals surface area contributed by atoms with Gasteiger partial charge in [-0.15, -0.1) is 0 Å². The first-order valence-electron chi connectivity index (χ1n) is 11.4. The van der Waals surface area contributed by atoms with E-state index in [0.717, 1.165) is 16.3 Å². The van der Waals surface area contributed by atoms with E-state index in [0.29, 0.717) is 17.0 Å². The predicted octanol–water partition coefficient (Wildman–Crippen LogP) is 5.33. The van der Waals surface area contributed by atoms with E-state index in [2.05, 4.69) is 10.6 Å². The normalized spacial score (nSPS) is 12.1. The number of amides is 2. The molecule has 0 aromatic heterocycles. The molecule has 0 radical (unpaired) electrons. The number of benzene rings is 4. The molecule has 0 aliphatic carbocycles. The predicted molar refractivity (Wildman–Crippen MR) is 140 cm³/mol. The average Bonchev–Trinajstić information content (AvgIpc) is 2.83. The monoisotopic (exact) mass is 488 g/mol. The average molecular weight is 489 g/mol. The molecule has 2 amide bonds. The highest BCUT2D eigenvalue weighted by molar-refractivity contribution is 7.90. The third-order valence-electron chi connectivity index (χ3n) is 5.50. The first kappa shape index (κ1) is 24.3. The Kier molecular flexibility index (Phi) is 7.67. The number of aryl methyl sites for hydroxylation is 1. The molecule has 35 heavy (non-hydrogen) atoms. The Morgan fingerprint density at radius 3 is 2.40 bits per heavy atom. The van der Waals surface area contributed by atoms with Gasteiger partial charge in [-0.3, -0.25) is 0 Å². The fourth-order valence-corrected chi connectivity index (χ4v) is 5.52. The summed E-state index contributed by atoms with van der Waals surface area (Å²) in [5, 5.41) is 7.55. The number of carbonyl (C=O) groups is 1. The fourth-order valence-electron chi connectivity index (χ4n) is 3.91. The molecule has 1 atom stereocenters. The summed E-state index contributed by atoms with van der Waals surface area (Å²) in [7, 11) is -3.52. The van der Waals surface area contributed by atoms with Gasteiger partial charge in [-0.25, -0.2) is 13.2 Å². The lowest BCUT2D eigenvalue weighted by molar-refractivity contribution is 0.237. The van der Waals surface area contributed by atoms with Gasteiger partial charge in [-0.2, -0.15) is 0 Å². The molecule has 180 valence electrons. The molecule has 0 aliphatic rings. The second-order valence-electron chi connectivity index (χ2n) is 8.49. The van der Waals surface area contributed by atoms with E-state index >= 15 is 0 Å². The summed E-state index contributed by atoms with van der Waals surface area (Å²) in [6.45, 7) is 1.96. The van der Waals surface area contributed by atoms with Gasteiger partial charge in [0.05, 0.1) is 23.2 Å². The molecular weight excluding hydrogens is 460 g/mol. The van der Waals surface area contributed by atoms with Crippen molar-refractivity contribution in [2.24, 2.45) is 0 Å². The molecule has 0 spiro atoms. The molecule has 0 saturated heterocycles. The Morgan fingerprint density at radius 1 is 0.886 bits per heavy atom. The summed E-state index contributed by atoms with van der Waals surface area (Å²) in [5.74, 6) is 0.254. The van der Waals surface area contributed by atoms with E-state index in [1.165, 1.54) is 0 Å². The third-order valence-corrected chi connectivity index (χ3v) is 7.18. The van der Waals surface area contributed by atoms with Crippen molar-refractivity contribution in [1.29, 1.82) is 0 Å². The third kappa shape index (κ3) is 7.07. The van der Waals surface area contributed by atoms with Crippen molar-refractivity contribution in [3.8, 4) is 5.75 Å². The van der Waals surface area contributed by atoms with E-state index in [1.54, 1.807) is 30.3 Å². The molecule has 4 aromatic carbocycles. The molecule has 2 N–H and O–H groups in total. The van der Waals surface area contributed by atoms with Gasteiger partial charge in [0.1, 0.15) is 12.4 Å². The first-order valence-corrected chi connectivity index (χ1v) is 13.2. The number of ether oxygens (including phenoxy) is 1. The number of nitrogens with one attached hydrogen (secondary N) is 2. The molecule has 4 rings (SSSR count). The van der Waals surface area contributed by atoms with Gasteiger partial charge in [-0.1, -0.05) is 78.9 Å². The number of anilines is 1. The lowest BCUT2D eigenvalue weighted by atomic mass is 10.1. The van der Waals surface area contributed by atoms with Crippen molar-refractivity contribution in [2.75, 3.05) is 17.7 Å². The van der Waals surface area contributed by atoms with Gasteiger partial charge in [-0.05, 0) is 41.6 Å². The van der Waals surface area contributed by atoms with Crippen LogP contribution < -0.4 is 15.4 Å². The van der Waals surface area contributed by atoms with Crippen LogP contribution in [0.25, 0.3) is 10.8 Å². The van der Waals surface area contributed by atoms with Crippen LogP contribution in [0.5, 0.6) is 5.75 Å². The lowest BCUT2D eigenvalue weighted by Crippen LogP contribution is -2.45. The molecule has 0 fully saturated rings. The topological polar surface area (TPSA) is 84.5 Å². The molecule has 0 saturated carbocycles. The molecule has 4 aromatic rings. The van der Waals surface area contributed by atoms with Crippen molar-refractivity contribution < 1.29 is 17.9 Å². The Morgan fingerprint density at radius 2 is 1.60 bits per heavy atom. The van der Waals surface area contributed by atoms with Crippen LogP contribution in [-0.4, -0.2) is 32.9 Å². The summed E-state index contributed by atoms with van der Waals surface area (Å²) >= 11 is 0. The second kappa shape index (κ2) is 11.1. The van der Waals surface area contributed by atoms with E-state index < -0.39 is 21.9 Å². The molecule has 0 heterocycles. The van der Waals surface area contributed by atoms with E-state index in [1.807, 2.05) is 73.7 Å². The number of urea groups is 1. The van der Waals surface area contributed by atoms with Gasteiger partial charge in [0.15, 0.2) is 9.84 Å². The van der Waals surface area contributed by atoms with E-state index in [4.69, 9.17) is 4.74 Å². The minimum absolute atomic E-state index is 0.0143. The zero-order valence-electron chi connectivity index (χ0n) is 19.5. The second-order valence-corrected chi connectivity index (χ2v) is 10.6. The van der Waals surface area contributed by atoms with Gasteiger partial charge >= 0.3 is 6.03 Å². The lowest BCUT2D eigenvalue weighted by Gasteiger charge is -2.20. The van der Waals surface area contributed by atoms with Gasteiger partial charge in [0.2, 0.25) is 0 Å².